The van der Waals surface area contributed by atoms with Crippen molar-refractivity contribution in [1.29, 1.82) is 0 Å². The summed E-state index contributed by atoms with van der Waals surface area (Å²) in [5, 5.41) is 6.21. The smallest absolute Gasteiger partial charge is 0.255 e. The van der Waals surface area contributed by atoms with E-state index in [0.717, 1.165) is 17.7 Å². The Bertz CT molecular complexity index is 881. The second kappa shape index (κ2) is 9.38. The van der Waals surface area contributed by atoms with Crippen LogP contribution in [0, 0.1) is 0 Å². The van der Waals surface area contributed by atoms with Crippen LogP contribution in [0.25, 0.3) is 0 Å². The molecule has 0 fully saturated rings. The number of pyridine rings is 1. The number of rotatable bonds is 8. The fraction of sp³-hybridized carbons (Fsp3) is 0.182. The van der Waals surface area contributed by atoms with E-state index in [0.29, 0.717) is 24.5 Å². The zero-order valence-corrected chi connectivity index (χ0v) is 15.3. The number of methoxy groups -OCH3 is 1. The molecule has 1 heterocycles. The Kier molecular flexibility index (Phi) is 6.41. The molecule has 0 saturated carbocycles. The molecule has 0 aliphatic rings. The van der Waals surface area contributed by atoms with Gasteiger partial charge in [-0.25, -0.2) is 4.98 Å². The van der Waals surface area contributed by atoms with Gasteiger partial charge >= 0.3 is 0 Å². The van der Waals surface area contributed by atoms with Crippen molar-refractivity contribution in [3.05, 3.63) is 89.6 Å². The summed E-state index contributed by atoms with van der Waals surface area (Å²) in [6, 6.07) is 21.4. The van der Waals surface area contributed by atoms with Crippen LogP contribution in [0.2, 0.25) is 0 Å². The number of nitrogens with one attached hydrogen (secondary N) is 2. The molecule has 138 valence electrons. The maximum Gasteiger partial charge on any atom is 0.255 e. The lowest BCUT2D eigenvalue weighted by Gasteiger charge is -2.12. The molecule has 0 radical (unpaired) electrons. The Morgan fingerprint density at radius 2 is 1.78 bits per heavy atom. The normalized spacial score (nSPS) is 10.3. The minimum Gasteiger partial charge on any atom is -0.496 e. The fourth-order valence-corrected chi connectivity index (χ4v) is 2.82. The van der Waals surface area contributed by atoms with Gasteiger partial charge in [-0.15, -0.1) is 0 Å². The lowest BCUT2D eigenvalue weighted by atomic mass is 10.1. The summed E-state index contributed by atoms with van der Waals surface area (Å²) in [4.78, 5) is 17.0. The van der Waals surface area contributed by atoms with Crippen LogP contribution in [0.5, 0.6) is 5.75 Å². The second-order valence-corrected chi connectivity index (χ2v) is 6.06. The van der Waals surface area contributed by atoms with E-state index < -0.39 is 0 Å². The highest BCUT2D eigenvalue weighted by Crippen LogP contribution is 2.17. The fourth-order valence-electron chi connectivity index (χ4n) is 2.82. The summed E-state index contributed by atoms with van der Waals surface area (Å²) in [6.07, 6.45) is 2.54. The topological polar surface area (TPSA) is 63.2 Å². The first-order valence-electron chi connectivity index (χ1n) is 8.91. The van der Waals surface area contributed by atoms with Gasteiger partial charge in [0.15, 0.2) is 0 Å². The number of ether oxygens (including phenoxy) is 1. The zero-order chi connectivity index (χ0) is 18.9. The van der Waals surface area contributed by atoms with Gasteiger partial charge < -0.3 is 15.4 Å². The van der Waals surface area contributed by atoms with Gasteiger partial charge in [0.05, 0.1) is 12.7 Å². The Morgan fingerprint density at radius 1 is 1.00 bits per heavy atom. The van der Waals surface area contributed by atoms with Crippen molar-refractivity contribution < 1.29 is 9.53 Å². The van der Waals surface area contributed by atoms with Crippen LogP contribution in [0.3, 0.4) is 0 Å². The standard InChI is InChI=1S/C22H23N3O2/c1-27-20-12-6-5-10-18(20)16-25-22(26)19-11-7-14-23-21(19)24-15-13-17-8-3-2-4-9-17/h2-12,14H,13,15-16H2,1H3,(H,23,24)(H,25,26). The monoisotopic (exact) mass is 361 g/mol. The predicted octanol–water partition coefficient (Wildman–Crippen LogP) is 3.67. The molecule has 0 spiro atoms. The molecule has 3 rings (SSSR count). The summed E-state index contributed by atoms with van der Waals surface area (Å²) >= 11 is 0. The van der Waals surface area contributed by atoms with Gasteiger partial charge in [-0.1, -0.05) is 48.5 Å². The number of carbonyl (C=O) groups is 1. The number of benzene rings is 2. The molecule has 0 unspecified atom stereocenters. The van der Waals surface area contributed by atoms with E-state index >= 15 is 0 Å². The molecule has 0 atom stereocenters. The van der Waals surface area contributed by atoms with Crippen LogP contribution >= 0.6 is 0 Å². The van der Waals surface area contributed by atoms with Crippen molar-refractivity contribution in [2.45, 2.75) is 13.0 Å². The molecule has 0 bridgehead atoms. The van der Waals surface area contributed by atoms with Crippen LogP contribution < -0.4 is 15.4 Å². The van der Waals surface area contributed by atoms with Crippen molar-refractivity contribution >= 4 is 11.7 Å². The third-order valence-corrected chi connectivity index (χ3v) is 4.23. The van der Waals surface area contributed by atoms with Crippen molar-refractivity contribution in [1.82, 2.24) is 10.3 Å². The Morgan fingerprint density at radius 3 is 2.59 bits per heavy atom. The van der Waals surface area contributed by atoms with Gasteiger partial charge in [0.25, 0.3) is 5.91 Å². The molecule has 3 aromatic rings. The van der Waals surface area contributed by atoms with Crippen LogP contribution in [-0.2, 0) is 13.0 Å². The van der Waals surface area contributed by atoms with Crippen LogP contribution in [0.4, 0.5) is 5.82 Å². The third kappa shape index (κ3) is 5.07. The molecule has 27 heavy (non-hydrogen) atoms. The number of hydrogen-bond acceptors (Lipinski definition) is 4. The van der Waals surface area contributed by atoms with Gasteiger partial charge in [-0.3, -0.25) is 4.79 Å². The molecule has 5 nitrogen and oxygen atoms in total. The Hall–Kier alpha value is -3.34. The van der Waals surface area contributed by atoms with E-state index in [4.69, 9.17) is 4.74 Å². The highest BCUT2D eigenvalue weighted by atomic mass is 16.5. The number of carbonyl (C=O) groups excluding carboxylic acids is 1. The summed E-state index contributed by atoms with van der Waals surface area (Å²) in [5.41, 5.74) is 2.69. The molecule has 5 heteroatoms. The average Bonchev–Trinajstić information content (AvgIpc) is 2.73. The first-order chi connectivity index (χ1) is 13.3. The van der Waals surface area contributed by atoms with E-state index in [1.54, 1.807) is 25.4 Å². The largest absolute Gasteiger partial charge is 0.496 e. The first-order valence-corrected chi connectivity index (χ1v) is 8.91. The summed E-state index contributed by atoms with van der Waals surface area (Å²) in [7, 11) is 1.62. The number of anilines is 1. The first kappa shape index (κ1) is 18.5. The lowest BCUT2D eigenvalue weighted by molar-refractivity contribution is 0.0951. The molecule has 1 aromatic heterocycles. The van der Waals surface area contributed by atoms with E-state index in [9.17, 15) is 4.79 Å². The number of amides is 1. The van der Waals surface area contributed by atoms with Crippen molar-refractivity contribution in [2.24, 2.45) is 0 Å². The van der Waals surface area contributed by atoms with E-state index in [-0.39, 0.29) is 5.91 Å². The average molecular weight is 361 g/mol. The molecule has 2 aromatic carbocycles. The van der Waals surface area contributed by atoms with Gasteiger partial charge in [0.2, 0.25) is 0 Å². The van der Waals surface area contributed by atoms with Gasteiger partial charge in [0, 0.05) is 24.8 Å². The molecular formula is C22H23N3O2. The van der Waals surface area contributed by atoms with E-state index in [1.165, 1.54) is 5.56 Å². The minimum absolute atomic E-state index is 0.170. The lowest BCUT2D eigenvalue weighted by Crippen LogP contribution is -2.24. The highest BCUT2D eigenvalue weighted by molar-refractivity contribution is 5.98. The Balaban J connectivity index is 1.61. The number of aromatic nitrogens is 1. The van der Waals surface area contributed by atoms with E-state index in [2.05, 4.69) is 27.8 Å². The molecular weight excluding hydrogens is 338 g/mol. The Labute approximate surface area is 159 Å². The molecule has 1 amide bonds. The number of hydrogen-bond donors (Lipinski definition) is 2. The van der Waals surface area contributed by atoms with E-state index in [1.807, 2.05) is 42.5 Å². The highest BCUT2D eigenvalue weighted by Gasteiger charge is 2.12. The van der Waals surface area contributed by atoms with Crippen LogP contribution in [0.15, 0.2) is 72.9 Å². The maximum atomic E-state index is 12.6. The van der Waals surface area contributed by atoms with Gasteiger partial charge in [0.1, 0.15) is 11.6 Å². The summed E-state index contributed by atoms with van der Waals surface area (Å²) < 4.78 is 5.33. The summed E-state index contributed by atoms with van der Waals surface area (Å²) in [5.74, 6) is 1.17. The van der Waals surface area contributed by atoms with Gasteiger partial charge in [-0.2, -0.15) is 0 Å². The number of para-hydroxylation sites is 1. The minimum atomic E-state index is -0.170. The quantitative estimate of drug-likeness (QED) is 0.642. The third-order valence-electron chi connectivity index (χ3n) is 4.23. The number of nitrogens with zero attached hydrogens (tertiary/aromatic N) is 1. The predicted molar refractivity (Wildman–Crippen MR) is 107 cm³/mol. The maximum absolute atomic E-state index is 12.6. The molecule has 2 N–H and O–H groups in total. The van der Waals surface area contributed by atoms with Gasteiger partial charge in [-0.05, 0) is 30.2 Å². The summed E-state index contributed by atoms with van der Waals surface area (Å²) in [6.45, 7) is 1.09. The van der Waals surface area contributed by atoms with Crippen molar-refractivity contribution in [2.75, 3.05) is 19.0 Å². The van der Waals surface area contributed by atoms with Crippen LogP contribution in [0.1, 0.15) is 21.5 Å². The van der Waals surface area contributed by atoms with Crippen molar-refractivity contribution in [3.8, 4) is 5.75 Å². The SMILES string of the molecule is COc1ccccc1CNC(=O)c1cccnc1NCCc1ccccc1. The second-order valence-electron chi connectivity index (χ2n) is 6.06. The molecule has 0 saturated heterocycles. The molecule has 0 aliphatic carbocycles. The van der Waals surface area contributed by atoms with Crippen LogP contribution in [-0.4, -0.2) is 24.5 Å². The zero-order valence-electron chi connectivity index (χ0n) is 15.3. The molecule has 0 aliphatic heterocycles. The van der Waals surface area contributed by atoms with Crippen molar-refractivity contribution in [3.63, 3.8) is 0 Å².